The molecule has 0 aliphatic carbocycles. The first-order valence-electron chi connectivity index (χ1n) is 15.5. The zero-order chi connectivity index (χ0) is 35.1. The Hall–Kier alpha value is -6.15. The fourth-order valence-electron chi connectivity index (χ4n) is 5.63. The number of aromatic amines is 2. The Kier molecular flexibility index (Phi) is 10.6. The number of phenolic OH excluding ortho intramolecular Hbond substituents is 1. The molecule has 2 heterocycles. The van der Waals surface area contributed by atoms with Gasteiger partial charge in [-0.15, -0.1) is 0 Å². The number of hydrogen-bond donors (Lipinski definition) is 9. The van der Waals surface area contributed by atoms with Crippen LogP contribution in [0.2, 0.25) is 0 Å². The highest BCUT2D eigenvalue weighted by atomic mass is 16.4. The Bertz CT molecular complexity index is 1980. The molecule has 14 heteroatoms. The molecule has 0 bridgehead atoms. The first-order valence-corrected chi connectivity index (χ1v) is 15.5. The van der Waals surface area contributed by atoms with Crippen LogP contribution in [-0.2, 0) is 43.2 Å². The van der Waals surface area contributed by atoms with E-state index in [0.29, 0.717) is 16.7 Å². The Morgan fingerprint density at radius 1 is 0.633 bits per heavy atom. The topological polar surface area (TPSA) is 240 Å². The number of aromatic nitrogens is 2. The van der Waals surface area contributed by atoms with E-state index in [9.17, 15) is 34.2 Å². The van der Waals surface area contributed by atoms with Gasteiger partial charge in [0.15, 0.2) is 0 Å². The van der Waals surface area contributed by atoms with Crippen LogP contribution in [0.5, 0.6) is 5.75 Å². The van der Waals surface area contributed by atoms with Crippen molar-refractivity contribution in [3.8, 4) is 5.75 Å². The maximum absolute atomic E-state index is 14.0. The molecular formula is C35H36N6O8. The van der Waals surface area contributed by atoms with Gasteiger partial charge >= 0.3 is 11.9 Å². The lowest BCUT2D eigenvalue weighted by Crippen LogP contribution is -2.58. The van der Waals surface area contributed by atoms with Crippen LogP contribution < -0.4 is 21.7 Å². The van der Waals surface area contributed by atoms with E-state index in [-0.39, 0.29) is 25.0 Å². The molecule has 49 heavy (non-hydrogen) atoms. The van der Waals surface area contributed by atoms with Gasteiger partial charge in [-0.2, -0.15) is 0 Å². The van der Waals surface area contributed by atoms with Crippen molar-refractivity contribution in [2.45, 2.75) is 49.9 Å². The summed E-state index contributed by atoms with van der Waals surface area (Å²) in [5.41, 5.74) is 9.26. The molecule has 0 aliphatic heterocycles. The number of aliphatic carboxylic acids is 2. The van der Waals surface area contributed by atoms with Gasteiger partial charge in [0.2, 0.25) is 17.7 Å². The lowest BCUT2D eigenvalue weighted by atomic mass is 10.0. The maximum Gasteiger partial charge on any atom is 0.326 e. The number of carboxylic acids is 2. The number of rotatable bonds is 15. The third-order valence-corrected chi connectivity index (χ3v) is 8.19. The second kappa shape index (κ2) is 15.2. The Labute approximate surface area is 279 Å². The van der Waals surface area contributed by atoms with Crippen LogP contribution in [0, 0.1) is 0 Å². The van der Waals surface area contributed by atoms with Gasteiger partial charge in [0.1, 0.15) is 23.9 Å². The first kappa shape index (κ1) is 34.2. The number of carbonyl (C=O) groups is 5. The minimum absolute atomic E-state index is 0.000589. The zero-order valence-corrected chi connectivity index (χ0v) is 26.2. The Morgan fingerprint density at radius 2 is 1.10 bits per heavy atom. The molecular weight excluding hydrogens is 632 g/mol. The molecule has 2 aromatic heterocycles. The van der Waals surface area contributed by atoms with Gasteiger partial charge in [-0.25, -0.2) is 4.79 Å². The van der Waals surface area contributed by atoms with E-state index in [2.05, 4.69) is 25.9 Å². The summed E-state index contributed by atoms with van der Waals surface area (Å²) < 4.78 is 0. The molecule has 5 aromatic rings. The summed E-state index contributed by atoms with van der Waals surface area (Å²) in [6.45, 7) is 0. The summed E-state index contributed by atoms with van der Waals surface area (Å²) in [6, 6.07) is 15.1. The summed E-state index contributed by atoms with van der Waals surface area (Å²) in [5.74, 6) is -5.04. The van der Waals surface area contributed by atoms with E-state index in [0.717, 1.165) is 21.8 Å². The van der Waals surface area contributed by atoms with Crippen molar-refractivity contribution >= 4 is 51.5 Å². The van der Waals surface area contributed by atoms with Gasteiger partial charge < -0.3 is 47.0 Å². The van der Waals surface area contributed by atoms with E-state index in [1.54, 1.807) is 12.4 Å². The van der Waals surface area contributed by atoms with Crippen LogP contribution in [0.25, 0.3) is 21.8 Å². The molecule has 0 aliphatic rings. The molecule has 4 atom stereocenters. The average Bonchev–Trinajstić information content (AvgIpc) is 3.68. The minimum Gasteiger partial charge on any atom is -0.508 e. The monoisotopic (exact) mass is 668 g/mol. The SMILES string of the molecule is NC(CC(=O)O)C(=O)NC(Cc1c[nH]c2ccccc12)C(=O)NC(Cc1c[nH]c2ccccc12)C(=O)NC(Cc1ccc(O)cc1)C(=O)O. The molecule has 4 unspecified atom stereocenters. The van der Waals surface area contributed by atoms with Gasteiger partial charge in [0, 0.05) is 53.5 Å². The third-order valence-electron chi connectivity index (χ3n) is 8.19. The fourth-order valence-corrected chi connectivity index (χ4v) is 5.63. The number of phenols is 1. The average molecular weight is 669 g/mol. The molecule has 14 nitrogen and oxygen atoms in total. The summed E-state index contributed by atoms with van der Waals surface area (Å²) >= 11 is 0. The lowest BCUT2D eigenvalue weighted by molar-refractivity contribution is -0.142. The normalized spacial score (nSPS) is 13.7. The van der Waals surface area contributed by atoms with E-state index in [4.69, 9.17) is 10.8 Å². The van der Waals surface area contributed by atoms with Crippen LogP contribution in [0.1, 0.15) is 23.1 Å². The molecule has 3 amide bonds. The molecule has 0 spiro atoms. The second-order valence-corrected chi connectivity index (χ2v) is 11.7. The summed E-state index contributed by atoms with van der Waals surface area (Å²) in [4.78, 5) is 70.5. The molecule has 0 fully saturated rings. The van der Waals surface area contributed by atoms with E-state index in [1.165, 1.54) is 24.3 Å². The van der Waals surface area contributed by atoms with E-state index in [1.807, 2.05) is 48.5 Å². The van der Waals surface area contributed by atoms with Crippen molar-refractivity contribution in [2.24, 2.45) is 5.73 Å². The van der Waals surface area contributed by atoms with Crippen molar-refractivity contribution in [1.29, 1.82) is 0 Å². The van der Waals surface area contributed by atoms with E-state index >= 15 is 0 Å². The van der Waals surface area contributed by atoms with Crippen molar-refractivity contribution < 1.29 is 39.3 Å². The van der Waals surface area contributed by atoms with Gasteiger partial charge in [-0.3, -0.25) is 19.2 Å². The number of carbonyl (C=O) groups excluding carboxylic acids is 3. The number of amides is 3. The van der Waals surface area contributed by atoms with Gasteiger partial charge in [0.25, 0.3) is 0 Å². The number of carboxylic acid groups (broad SMARTS) is 2. The highest BCUT2D eigenvalue weighted by molar-refractivity contribution is 5.96. The summed E-state index contributed by atoms with van der Waals surface area (Å²) in [6.07, 6.45) is 2.52. The fraction of sp³-hybridized carbons (Fsp3) is 0.229. The van der Waals surface area contributed by atoms with Crippen molar-refractivity contribution in [3.63, 3.8) is 0 Å². The molecule has 5 rings (SSSR count). The highest BCUT2D eigenvalue weighted by Crippen LogP contribution is 2.21. The molecule has 0 saturated carbocycles. The summed E-state index contributed by atoms with van der Waals surface area (Å²) in [5, 5.41) is 38.1. The molecule has 10 N–H and O–H groups in total. The van der Waals surface area contributed by atoms with Gasteiger partial charge in [-0.1, -0.05) is 48.5 Å². The van der Waals surface area contributed by atoms with Crippen molar-refractivity contribution in [2.75, 3.05) is 0 Å². The molecule has 0 saturated heterocycles. The standard InChI is InChI=1S/C35H36N6O8/c36-25(16-31(43)44)32(45)39-28(14-20-17-37-26-7-3-1-5-23(20)26)33(46)40-29(15-21-18-38-27-8-4-2-6-24(21)27)34(47)41-30(35(48)49)13-19-9-11-22(42)12-10-19/h1-12,17-18,25,28-30,37-38,42H,13-16,36H2,(H,39,45)(H,40,46)(H,41,47)(H,43,44)(H,48,49). The number of aromatic hydroxyl groups is 1. The van der Waals surface area contributed by atoms with Crippen molar-refractivity contribution in [3.05, 3.63) is 102 Å². The maximum atomic E-state index is 14.0. The quantitative estimate of drug-likeness (QED) is 0.0788. The molecule has 254 valence electrons. The van der Waals surface area contributed by atoms with Crippen LogP contribution in [0.3, 0.4) is 0 Å². The number of para-hydroxylation sites is 2. The number of nitrogens with two attached hydrogens (primary N) is 1. The van der Waals surface area contributed by atoms with Gasteiger partial charge in [-0.05, 0) is 41.0 Å². The van der Waals surface area contributed by atoms with Crippen LogP contribution >= 0.6 is 0 Å². The zero-order valence-electron chi connectivity index (χ0n) is 26.2. The number of hydrogen-bond acceptors (Lipinski definition) is 7. The van der Waals surface area contributed by atoms with Gasteiger partial charge in [0.05, 0.1) is 12.5 Å². The Balaban J connectivity index is 1.43. The second-order valence-electron chi connectivity index (χ2n) is 11.7. The largest absolute Gasteiger partial charge is 0.508 e. The molecule has 3 aromatic carbocycles. The number of H-pyrrole nitrogens is 2. The van der Waals surface area contributed by atoms with Crippen LogP contribution in [-0.4, -0.2) is 79.1 Å². The first-order chi connectivity index (χ1) is 23.5. The predicted octanol–water partition coefficient (Wildman–Crippen LogP) is 1.72. The lowest BCUT2D eigenvalue weighted by Gasteiger charge is -2.25. The highest BCUT2D eigenvalue weighted by Gasteiger charge is 2.32. The number of nitrogens with one attached hydrogen (secondary N) is 5. The number of fused-ring (bicyclic) bond motifs is 2. The Morgan fingerprint density at radius 3 is 1.59 bits per heavy atom. The predicted molar refractivity (Wildman–Crippen MR) is 179 cm³/mol. The van der Waals surface area contributed by atoms with Crippen LogP contribution in [0.15, 0.2) is 85.2 Å². The van der Waals surface area contributed by atoms with E-state index < -0.39 is 60.2 Å². The third kappa shape index (κ3) is 8.61. The number of benzene rings is 3. The van der Waals surface area contributed by atoms with Crippen molar-refractivity contribution in [1.82, 2.24) is 25.9 Å². The minimum atomic E-state index is -1.45. The van der Waals surface area contributed by atoms with Crippen LogP contribution in [0.4, 0.5) is 0 Å². The smallest absolute Gasteiger partial charge is 0.326 e. The summed E-state index contributed by atoms with van der Waals surface area (Å²) in [7, 11) is 0. The molecule has 0 radical (unpaired) electrons.